The molecule has 0 atom stereocenters. The Bertz CT molecular complexity index is 384. The highest BCUT2D eigenvalue weighted by Crippen LogP contribution is 2.18. The van der Waals surface area contributed by atoms with Gasteiger partial charge in [0.2, 0.25) is 11.9 Å². The molecule has 0 bridgehead atoms. The zero-order valence-electron chi connectivity index (χ0n) is 9.14. The number of anilines is 2. The Hall–Kier alpha value is -1.73. The molecule has 0 unspecified atom stereocenters. The molecular weight excluding hydrogens is 232 g/mol. The number of rotatable bonds is 4. The Morgan fingerprint density at radius 1 is 1.24 bits per heavy atom. The molecular formula is C9H13F2N5O. The number of alkyl halides is 2. The molecule has 1 aromatic heterocycles. The largest absolute Gasteiger partial charge is 0.457 e. The maximum absolute atomic E-state index is 12.0. The Balaban J connectivity index is 2.11. The van der Waals surface area contributed by atoms with Crippen molar-refractivity contribution in [3.05, 3.63) is 0 Å². The van der Waals surface area contributed by atoms with Gasteiger partial charge in [-0.15, -0.1) is 0 Å². The molecule has 0 aromatic carbocycles. The van der Waals surface area contributed by atoms with Gasteiger partial charge in [0.25, 0.3) is 6.43 Å². The number of hydrogen-bond donors (Lipinski definition) is 1. The first-order chi connectivity index (χ1) is 8.15. The molecule has 17 heavy (non-hydrogen) atoms. The van der Waals surface area contributed by atoms with Gasteiger partial charge in [0.05, 0.1) is 0 Å². The van der Waals surface area contributed by atoms with Gasteiger partial charge in [0.1, 0.15) is 0 Å². The molecule has 2 rings (SSSR count). The van der Waals surface area contributed by atoms with E-state index >= 15 is 0 Å². The van der Waals surface area contributed by atoms with Crippen LogP contribution in [0.2, 0.25) is 0 Å². The quantitative estimate of drug-likeness (QED) is 0.841. The lowest BCUT2D eigenvalue weighted by Gasteiger charge is -2.15. The first-order valence-electron chi connectivity index (χ1n) is 5.32. The first kappa shape index (κ1) is 11.7. The van der Waals surface area contributed by atoms with Crippen LogP contribution in [0.15, 0.2) is 0 Å². The number of hydrogen-bond acceptors (Lipinski definition) is 6. The predicted molar refractivity (Wildman–Crippen MR) is 57.2 cm³/mol. The number of halogens is 2. The highest BCUT2D eigenvalue weighted by Gasteiger charge is 2.17. The summed E-state index contributed by atoms with van der Waals surface area (Å²) in [7, 11) is 0. The van der Waals surface area contributed by atoms with Crippen LogP contribution in [0.1, 0.15) is 12.8 Å². The van der Waals surface area contributed by atoms with Crippen LogP contribution in [0.25, 0.3) is 0 Å². The van der Waals surface area contributed by atoms with Gasteiger partial charge in [0, 0.05) is 13.1 Å². The molecule has 1 fully saturated rings. The lowest BCUT2D eigenvalue weighted by Crippen LogP contribution is -2.22. The van der Waals surface area contributed by atoms with Crippen molar-refractivity contribution in [2.75, 3.05) is 30.3 Å². The minimum Gasteiger partial charge on any atom is -0.457 e. The molecule has 0 radical (unpaired) electrons. The molecule has 8 heteroatoms. The average Bonchev–Trinajstić information content (AvgIpc) is 2.79. The van der Waals surface area contributed by atoms with Gasteiger partial charge in [-0.3, -0.25) is 0 Å². The predicted octanol–water partition coefficient (Wildman–Crippen LogP) is 0.698. The SMILES string of the molecule is Nc1nc(OCC(F)F)nc(N2CCCC2)n1. The Labute approximate surface area is 96.8 Å². The van der Waals surface area contributed by atoms with Gasteiger partial charge in [-0.05, 0) is 12.8 Å². The third-order valence-corrected chi connectivity index (χ3v) is 2.35. The second-order valence-electron chi connectivity index (χ2n) is 3.67. The summed E-state index contributed by atoms with van der Waals surface area (Å²) < 4.78 is 28.7. The fourth-order valence-electron chi connectivity index (χ4n) is 1.62. The summed E-state index contributed by atoms with van der Waals surface area (Å²) in [6.07, 6.45) is -0.458. The van der Waals surface area contributed by atoms with E-state index in [4.69, 9.17) is 10.5 Å². The van der Waals surface area contributed by atoms with E-state index in [2.05, 4.69) is 15.0 Å². The number of nitrogens with two attached hydrogens (primary N) is 1. The van der Waals surface area contributed by atoms with Crippen molar-refractivity contribution >= 4 is 11.9 Å². The average molecular weight is 245 g/mol. The fourth-order valence-corrected chi connectivity index (χ4v) is 1.62. The molecule has 0 spiro atoms. The van der Waals surface area contributed by atoms with Crippen LogP contribution >= 0.6 is 0 Å². The van der Waals surface area contributed by atoms with E-state index in [1.807, 2.05) is 4.90 Å². The lowest BCUT2D eigenvalue weighted by atomic mass is 10.4. The van der Waals surface area contributed by atoms with Crippen LogP contribution in [-0.2, 0) is 0 Å². The van der Waals surface area contributed by atoms with Gasteiger partial charge in [0.15, 0.2) is 6.61 Å². The molecule has 2 heterocycles. The van der Waals surface area contributed by atoms with E-state index in [-0.39, 0.29) is 12.0 Å². The standard InChI is InChI=1S/C9H13F2N5O/c10-6(11)5-17-9-14-7(12)13-8(15-9)16-3-1-2-4-16/h6H,1-5H2,(H2,12,13,14,15). The number of nitrogen functional groups attached to an aromatic ring is 1. The van der Waals surface area contributed by atoms with Crippen LogP contribution < -0.4 is 15.4 Å². The lowest BCUT2D eigenvalue weighted by molar-refractivity contribution is 0.0770. The van der Waals surface area contributed by atoms with E-state index in [0.717, 1.165) is 25.9 Å². The molecule has 0 saturated carbocycles. The summed E-state index contributed by atoms with van der Waals surface area (Å²) >= 11 is 0. The highest BCUT2D eigenvalue weighted by molar-refractivity contribution is 5.36. The smallest absolute Gasteiger partial charge is 0.323 e. The van der Waals surface area contributed by atoms with Crippen molar-refractivity contribution in [2.45, 2.75) is 19.3 Å². The van der Waals surface area contributed by atoms with Crippen LogP contribution in [0, 0.1) is 0 Å². The minimum absolute atomic E-state index is 0.0221. The molecule has 1 aromatic rings. The summed E-state index contributed by atoms with van der Waals surface area (Å²) in [5, 5.41) is 0. The number of aromatic nitrogens is 3. The Kier molecular flexibility index (Phi) is 3.50. The molecule has 1 aliphatic rings. The normalized spacial score (nSPS) is 15.6. The van der Waals surface area contributed by atoms with E-state index in [1.54, 1.807) is 0 Å². The third kappa shape index (κ3) is 3.11. The molecule has 2 N–H and O–H groups in total. The second kappa shape index (κ2) is 5.07. The Morgan fingerprint density at radius 2 is 1.94 bits per heavy atom. The molecule has 1 aliphatic heterocycles. The zero-order chi connectivity index (χ0) is 12.3. The van der Waals surface area contributed by atoms with Crippen molar-refractivity contribution in [1.29, 1.82) is 0 Å². The first-order valence-corrected chi connectivity index (χ1v) is 5.32. The van der Waals surface area contributed by atoms with Gasteiger partial charge in [-0.2, -0.15) is 15.0 Å². The van der Waals surface area contributed by atoms with Crippen molar-refractivity contribution in [1.82, 2.24) is 15.0 Å². The van der Waals surface area contributed by atoms with E-state index in [9.17, 15) is 8.78 Å². The summed E-state index contributed by atoms with van der Waals surface area (Å²) in [5.41, 5.74) is 5.48. The Morgan fingerprint density at radius 3 is 2.59 bits per heavy atom. The highest BCUT2D eigenvalue weighted by atomic mass is 19.3. The summed E-state index contributed by atoms with van der Waals surface area (Å²) in [6.45, 7) is 0.915. The van der Waals surface area contributed by atoms with Crippen molar-refractivity contribution < 1.29 is 13.5 Å². The van der Waals surface area contributed by atoms with E-state index in [1.165, 1.54) is 0 Å². The van der Waals surface area contributed by atoms with Gasteiger partial charge >= 0.3 is 6.01 Å². The molecule has 0 aliphatic carbocycles. The fraction of sp³-hybridized carbons (Fsp3) is 0.667. The molecule has 6 nitrogen and oxygen atoms in total. The zero-order valence-corrected chi connectivity index (χ0v) is 9.14. The third-order valence-electron chi connectivity index (χ3n) is 2.35. The summed E-state index contributed by atoms with van der Waals surface area (Å²) in [4.78, 5) is 13.5. The van der Waals surface area contributed by atoms with E-state index in [0.29, 0.717) is 5.95 Å². The van der Waals surface area contributed by atoms with Crippen LogP contribution in [0.5, 0.6) is 6.01 Å². The van der Waals surface area contributed by atoms with Crippen molar-refractivity contribution in [2.24, 2.45) is 0 Å². The number of ether oxygens (including phenoxy) is 1. The molecule has 94 valence electrons. The number of nitrogens with zero attached hydrogens (tertiary/aromatic N) is 4. The topological polar surface area (TPSA) is 77.2 Å². The summed E-state index contributed by atoms with van der Waals surface area (Å²) in [5.74, 6) is 0.366. The maximum Gasteiger partial charge on any atom is 0.323 e. The van der Waals surface area contributed by atoms with Crippen LogP contribution in [0.4, 0.5) is 20.7 Å². The monoisotopic (exact) mass is 245 g/mol. The molecule has 0 amide bonds. The second-order valence-corrected chi connectivity index (χ2v) is 3.67. The van der Waals surface area contributed by atoms with Gasteiger partial charge in [-0.25, -0.2) is 8.78 Å². The van der Waals surface area contributed by atoms with Crippen LogP contribution in [-0.4, -0.2) is 41.1 Å². The summed E-state index contributed by atoms with van der Waals surface area (Å²) in [6, 6.07) is -0.153. The maximum atomic E-state index is 12.0. The van der Waals surface area contributed by atoms with Crippen LogP contribution in [0.3, 0.4) is 0 Å². The van der Waals surface area contributed by atoms with Gasteiger partial charge < -0.3 is 15.4 Å². The van der Waals surface area contributed by atoms with Gasteiger partial charge in [-0.1, -0.05) is 0 Å². The van der Waals surface area contributed by atoms with E-state index < -0.39 is 13.0 Å². The van der Waals surface area contributed by atoms with Crippen molar-refractivity contribution in [3.63, 3.8) is 0 Å². The minimum atomic E-state index is -2.57. The molecule has 1 saturated heterocycles. The van der Waals surface area contributed by atoms with Crippen molar-refractivity contribution in [3.8, 4) is 6.01 Å².